The average Bonchev–Trinajstić information content (AvgIpc) is 2.83. The minimum absolute atomic E-state index is 0.0751. The first-order valence-electron chi connectivity index (χ1n) is 6.63. The van der Waals surface area contributed by atoms with Crippen molar-refractivity contribution < 1.29 is 4.79 Å². The summed E-state index contributed by atoms with van der Waals surface area (Å²) >= 11 is 1.63. The lowest BCUT2D eigenvalue weighted by Gasteiger charge is -2.24. The first-order chi connectivity index (χ1) is 8.70. The Hall–Kier alpha value is -0.940. The summed E-state index contributed by atoms with van der Waals surface area (Å²) in [5.74, 6) is 0.359. The lowest BCUT2D eigenvalue weighted by atomic mass is 9.97. The monoisotopic (exact) mass is 267 g/mol. The molecule has 1 fully saturated rings. The number of amides is 1. The van der Waals surface area contributed by atoms with Crippen LogP contribution < -0.4 is 10.6 Å². The van der Waals surface area contributed by atoms with Crippen LogP contribution in [0.15, 0.2) is 5.38 Å². The van der Waals surface area contributed by atoms with E-state index < -0.39 is 0 Å². The number of rotatable bonds is 4. The molecule has 0 aliphatic carbocycles. The van der Waals surface area contributed by atoms with Crippen LogP contribution in [0.25, 0.3) is 0 Å². The summed E-state index contributed by atoms with van der Waals surface area (Å²) in [5.41, 5.74) is 1.03. The van der Waals surface area contributed by atoms with Gasteiger partial charge in [0.15, 0.2) is 0 Å². The minimum Gasteiger partial charge on any atom is -0.347 e. The first kappa shape index (κ1) is 13.5. The summed E-state index contributed by atoms with van der Waals surface area (Å²) in [7, 11) is 0. The fraction of sp³-hybridized carbons (Fsp3) is 0.692. The number of hydrogen-bond donors (Lipinski definition) is 2. The van der Waals surface area contributed by atoms with Crippen LogP contribution >= 0.6 is 11.3 Å². The van der Waals surface area contributed by atoms with Crippen molar-refractivity contribution in [3.8, 4) is 0 Å². The SMILES string of the molecule is CCC(NC(=O)C1CCNCC1)c1nc(C)cs1. The maximum atomic E-state index is 12.2. The largest absolute Gasteiger partial charge is 0.347 e. The van der Waals surface area contributed by atoms with Crippen molar-refractivity contribution in [1.29, 1.82) is 0 Å². The second kappa shape index (κ2) is 6.29. The van der Waals surface area contributed by atoms with Gasteiger partial charge in [0, 0.05) is 17.0 Å². The summed E-state index contributed by atoms with van der Waals surface area (Å²) < 4.78 is 0. The number of thiazole rings is 1. The molecule has 100 valence electrons. The molecule has 1 aromatic heterocycles. The highest BCUT2D eigenvalue weighted by Gasteiger charge is 2.24. The van der Waals surface area contributed by atoms with E-state index >= 15 is 0 Å². The van der Waals surface area contributed by atoms with Crippen molar-refractivity contribution in [2.45, 2.75) is 39.2 Å². The predicted molar refractivity (Wildman–Crippen MR) is 73.6 cm³/mol. The number of hydrogen-bond acceptors (Lipinski definition) is 4. The molecule has 1 aliphatic rings. The van der Waals surface area contributed by atoms with E-state index in [0.717, 1.165) is 43.1 Å². The van der Waals surface area contributed by atoms with Gasteiger partial charge in [-0.05, 0) is 39.3 Å². The molecular formula is C13H21N3OS. The van der Waals surface area contributed by atoms with Gasteiger partial charge < -0.3 is 10.6 Å². The molecule has 0 spiro atoms. The van der Waals surface area contributed by atoms with Gasteiger partial charge in [0.25, 0.3) is 0 Å². The standard InChI is InChI=1S/C13H21N3OS/c1-3-11(13-15-9(2)8-18-13)16-12(17)10-4-6-14-7-5-10/h8,10-11,14H,3-7H2,1-2H3,(H,16,17). The molecule has 1 amide bonds. The smallest absolute Gasteiger partial charge is 0.223 e. The average molecular weight is 267 g/mol. The molecule has 1 unspecified atom stereocenters. The van der Waals surface area contributed by atoms with Gasteiger partial charge in [-0.2, -0.15) is 0 Å². The molecule has 2 rings (SSSR count). The Morgan fingerprint density at radius 3 is 2.89 bits per heavy atom. The Balaban J connectivity index is 1.95. The number of carbonyl (C=O) groups is 1. The zero-order valence-electron chi connectivity index (χ0n) is 11.0. The Kier molecular flexibility index (Phi) is 4.72. The number of nitrogens with zero attached hydrogens (tertiary/aromatic N) is 1. The highest BCUT2D eigenvalue weighted by atomic mass is 32.1. The molecule has 1 atom stereocenters. The third kappa shape index (κ3) is 3.29. The van der Waals surface area contributed by atoms with Crippen molar-refractivity contribution in [1.82, 2.24) is 15.6 Å². The number of nitrogens with one attached hydrogen (secondary N) is 2. The van der Waals surface area contributed by atoms with Gasteiger partial charge in [0.1, 0.15) is 5.01 Å². The molecule has 1 aromatic rings. The topological polar surface area (TPSA) is 54.0 Å². The highest BCUT2D eigenvalue weighted by Crippen LogP contribution is 2.22. The summed E-state index contributed by atoms with van der Waals surface area (Å²) in [6.45, 7) is 5.97. The number of aromatic nitrogens is 1. The predicted octanol–water partition coefficient (Wildman–Crippen LogP) is 2.02. The van der Waals surface area contributed by atoms with Crippen LogP contribution in [0.1, 0.15) is 42.9 Å². The fourth-order valence-corrected chi connectivity index (χ4v) is 3.17. The lowest BCUT2D eigenvalue weighted by Crippen LogP contribution is -2.39. The quantitative estimate of drug-likeness (QED) is 0.877. The second-order valence-corrected chi connectivity index (χ2v) is 5.71. The van der Waals surface area contributed by atoms with Crippen molar-refractivity contribution in [2.75, 3.05) is 13.1 Å². The molecule has 0 saturated carbocycles. The molecular weight excluding hydrogens is 246 g/mol. The van der Waals surface area contributed by atoms with E-state index in [2.05, 4.69) is 22.5 Å². The second-order valence-electron chi connectivity index (χ2n) is 4.82. The number of aryl methyl sites for hydroxylation is 1. The molecule has 1 saturated heterocycles. The van der Waals surface area contributed by atoms with Crippen LogP contribution in [0.5, 0.6) is 0 Å². The summed E-state index contributed by atoms with van der Waals surface area (Å²) in [6.07, 6.45) is 2.78. The Morgan fingerprint density at radius 2 is 2.33 bits per heavy atom. The van der Waals surface area contributed by atoms with Gasteiger partial charge in [-0.1, -0.05) is 6.92 Å². The maximum absolute atomic E-state index is 12.2. The van der Waals surface area contributed by atoms with Crippen molar-refractivity contribution in [3.63, 3.8) is 0 Å². The van der Waals surface area contributed by atoms with Gasteiger partial charge in [-0.25, -0.2) is 4.98 Å². The van der Waals surface area contributed by atoms with Crippen molar-refractivity contribution in [2.24, 2.45) is 5.92 Å². The van der Waals surface area contributed by atoms with Gasteiger partial charge in [-0.3, -0.25) is 4.79 Å². The summed E-state index contributed by atoms with van der Waals surface area (Å²) in [4.78, 5) is 16.7. The summed E-state index contributed by atoms with van der Waals surface area (Å²) in [5, 5.41) is 9.49. The van der Waals surface area contributed by atoms with E-state index in [1.54, 1.807) is 11.3 Å². The molecule has 1 aliphatic heterocycles. The Morgan fingerprint density at radius 1 is 1.61 bits per heavy atom. The summed E-state index contributed by atoms with van der Waals surface area (Å²) in [6, 6.07) is 0.0751. The highest BCUT2D eigenvalue weighted by molar-refractivity contribution is 7.09. The van der Waals surface area contributed by atoms with E-state index in [0.29, 0.717) is 0 Å². The van der Waals surface area contributed by atoms with E-state index in [4.69, 9.17) is 0 Å². The van der Waals surface area contributed by atoms with Crippen LogP contribution in [0.3, 0.4) is 0 Å². The van der Waals surface area contributed by atoms with Crippen molar-refractivity contribution in [3.05, 3.63) is 16.1 Å². The molecule has 4 nitrogen and oxygen atoms in total. The van der Waals surface area contributed by atoms with Crippen molar-refractivity contribution >= 4 is 17.2 Å². The van der Waals surface area contributed by atoms with Gasteiger partial charge in [-0.15, -0.1) is 11.3 Å². The molecule has 2 heterocycles. The third-order valence-corrected chi connectivity index (χ3v) is 4.45. The van der Waals surface area contributed by atoms with E-state index in [-0.39, 0.29) is 17.9 Å². The van der Waals surface area contributed by atoms with Crippen LogP contribution in [-0.2, 0) is 4.79 Å². The molecule has 0 aromatic carbocycles. The van der Waals surface area contributed by atoms with Gasteiger partial charge >= 0.3 is 0 Å². The third-order valence-electron chi connectivity index (χ3n) is 3.37. The minimum atomic E-state index is 0.0751. The Bertz CT molecular complexity index is 399. The molecule has 5 heteroatoms. The molecule has 2 N–H and O–H groups in total. The zero-order chi connectivity index (χ0) is 13.0. The molecule has 0 radical (unpaired) electrons. The maximum Gasteiger partial charge on any atom is 0.223 e. The Labute approximate surface area is 112 Å². The van der Waals surface area contributed by atoms with Crippen LogP contribution in [0.2, 0.25) is 0 Å². The number of piperidine rings is 1. The zero-order valence-corrected chi connectivity index (χ0v) is 11.8. The van der Waals surface area contributed by atoms with E-state index in [1.807, 2.05) is 12.3 Å². The first-order valence-corrected chi connectivity index (χ1v) is 7.51. The van der Waals surface area contributed by atoms with Gasteiger partial charge in [0.05, 0.1) is 6.04 Å². The van der Waals surface area contributed by atoms with E-state index in [1.165, 1.54) is 0 Å². The fourth-order valence-electron chi connectivity index (χ4n) is 2.24. The lowest BCUT2D eigenvalue weighted by molar-refractivity contribution is -0.126. The molecule has 18 heavy (non-hydrogen) atoms. The van der Waals surface area contributed by atoms with Crippen LogP contribution in [0, 0.1) is 12.8 Å². The molecule has 0 bridgehead atoms. The van der Waals surface area contributed by atoms with Gasteiger partial charge in [0.2, 0.25) is 5.91 Å². The normalized spacial score (nSPS) is 18.6. The van der Waals surface area contributed by atoms with Crippen LogP contribution in [-0.4, -0.2) is 24.0 Å². The van der Waals surface area contributed by atoms with Crippen LogP contribution in [0.4, 0.5) is 0 Å². The van der Waals surface area contributed by atoms with E-state index in [9.17, 15) is 4.79 Å². The number of carbonyl (C=O) groups excluding carboxylic acids is 1.